The molecule has 4 heterocycles. The maximum Gasteiger partial charge on any atom is 0.251 e. The minimum atomic E-state index is -0.0505. The van der Waals surface area contributed by atoms with Crippen molar-refractivity contribution in [3.8, 4) is 0 Å². The highest BCUT2D eigenvalue weighted by Crippen LogP contribution is 2.28. The van der Waals surface area contributed by atoms with Crippen molar-refractivity contribution >= 4 is 35.1 Å². The molecular weight excluding hydrogens is 388 g/mol. The molecule has 9 nitrogen and oxygen atoms in total. The number of hydrogen-bond acceptors (Lipinski definition) is 7. The summed E-state index contributed by atoms with van der Waals surface area (Å²) >= 11 is 1.50. The van der Waals surface area contributed by atoms with E-state index >= 15 is 0 Å². The predicted octanol–water partition coefficient (Wildman–Crippen LogP) is 2.05. The molecule has 1 aliphatic rings. The third-order valence-corrected chi connectivity index (χ3v) is 5.48. The van der Waals surface area contributed by atoms with E-state index < -0.39 is 0 Å². The number of nitrogens with one attached hydrogen (secondary N) is 4. The monoisotopic (exact) mass is 406 g/mol. The average Bonchev–Trinajstić information content (AvgIpc) is 3.35. The Kier molecular flexibility index (Phi) is 4.62. The highest BCUT2D eigenvalue weighted by Gasteiger charge is 2.19. The Hall–Kier alpha value is -3.37. The minimum absolute atomic E-state index is 0.0505. The van der Waals surface area contributed by atoms with Crippen LogP contribution in [0.25, 0.3) is 5.65 Å². The molecule has 10 heteroatoms. The number of aromatic amines is 1. The van der Waals surface area contributed by atoms with Crippen LogP contribution >= 0.6 is 11.8 Å². The van der Waals surface area contributed by atoms with Crippen LogP contribution in [0, 0.1) is 0 Å². The fourth-order valence-corrected chi connectivity index (χ4v) is 3.82. The van der Waals surface area contributed by atoms with E-state index in [4.69, 9.17) is 0 Å². The summed E-state index contributed by atoms with van der Waals surface area (Å²) < 4.78 is 1.85. The molecule has 1 aromatic carbocycles. The van der Waals surface area contributed by atoms with Crippen molar-refractivity contribution in [2.24, 2.45) is 0 Å². The fraction of sp³-hybridized carbons (Fsp3) is 0.158. The second-order valence-corrected chi connectivity index (χ2v) is 7.75. The summed E-state index contributed by atoms with van der Waals surface area (Å²) in [5.74, 6) is 1.23. The van der Waals surface area contributed by atoms with Crippen LogP contribution in [-0.4, -0.2) is 49.6 Å². The SMILES string of the molecule is O=C(NC1CNC1)c1cccc(Sc2cc(Nc3ncnc4cccn34)n[nH]2)c1. The molecule has 4 aromatic rings. The zero-order valence-corrected chi connectivity index (χ0v) is 16.1. The van der Waals surface area contributed by atoms with Gasteiger partial charge in [0.15, 0.2) is 5.82 Å². The van der Waals surface area contributed by atoms with Crippen LogP contribution < -0.4 is 16.0 Å². The Bertz CT molecular complexity index is 1170. The molecule has 0 atom stereocenters. The first-order valence-corrected chi connectivity index (χ1v) is 9.96. The molecular formula is C19H18N8OS. The van der Waals surface area contributed by atoms with Crippen molar-refractivity contribution < 1.29 is 4.79 Å². The normalized spacial score (nSPS) is 13.9. The largest absolute Gasteiger partial charge is 0.347 e. The lowest BCUT2D eigenvalue weighted by molar-refractivity contribution is 0.0923. The van der Waals surface area contributed by atoms with E-state index in [2.05, 4.69) is 36.1 Å². The summed E-state index contributed by atoms with van der Waals surface area (Å²) in [6.07, 6.45) is 3.40. The molecule has 0 bridgehead atoms. The number of carbonyl (C=O) groups excluding carboxylic acids is 1. The number of rotatable bonds is 6. The van der Waals surface area contributed by atoms with Gasteiger partial charge in [0.2, 0.25) is 5.95 Å². The van der Waals surface area contributed by atoms with Crippen molar-refractivity contribution in [2.75, 3.05) is 18.4 Å². The van der Waals surface area contributed by atoms with Crippen LogP contribution in [0.5, 0.6) is 0 Å². The van der Waals surface area contributed by atoms with Gasteiger partial charge < -0.3 is 16.0 Å². The molecule has 1 aliphatic heterocycles. The Morgan fingerprint density at radius 1 is 1.17 bits per heavy atom. The Morgan fingerprint density at radius 2 is 2.10 bits per heavy atom. The zero-order chi connectivity index (χ0) is 19.6. The van der Waals surface area contributed by atoms with Gasteiger partial charge in [-0.2, -0.15) is 5.10 Å². The maximum absolute atomic E-state index is 12.4. The second kappa shape index (κ2) is 7.57. The van der Waals surface area contributed by atoms with Gasteiger partial charge in [0.1, 0.15) is 12.0 Å². The molecule has 0 saturated carbocycles. The van der Waals surface area contributed by atoms with Crippen LogP contribution in [0.2, 0.25) is 0 Å². The Labute approximate surface area is 170 Å². The van der Waals surface area contributed by atoms with Gasteiger partial charge in [-0.1, -0.05) is 17.8 Å². The first-order chi connectivity index (χ1) is 14.2. The third-order valence-electron chi connectivity index (χ3n) is 4.56. The number of nitrogens with zero attached hydrogens (tertiary/aromatic N) is 4. The highest BCUT2D eigenvalue weighted by atomic mass is 32.2. The van der Waals surface area contributed by atoms with Crippen molar-refractivity contribution in [3.05, 3.63) is 60.6 Å². The number of H-pyrrole nitrogens is 1. The van der Waals surface area contributed by atoms with E-state index in [1.807, 2.05) is 53.1 Å². The van der Waals surface area contributed by atoms with Crippen LogP contribution in [0.15, 0.2) is 64.9 Å². The van der Waals surface area contributed by atoms with Gasteiger partial charge in [-0.15, -0.1) is 0 Å². The highest BCUT2D eigenvalue weighted by molar-refractivity contribution is 7.99. The summed E-state index contributed by atoms with van der Waals surface area (Å²) in [7, 11) is 0. The van der Waals surface area contributed by atoms with Gasteiger partial charge >= 0.3 is 0 Å². The van der Waals surface area contributed by atoms with Crippen molar-refractivity contribution in [3.63, 3.8) is 0 Å². The Morgan fingerprint density at radius 3 is 2.97 bits per heavy atom. The van der Waals surface area contributed by atoms with Crippen LogP contribution in [0.4, 0.5) is 11.8 Å². The number of anilines is 2. The third kappa shape index (κ3) is 3.80. The minimum Gasteiger partial charge on any atom is -0.347 e. The van der Waals surface area contributed by atoms with E-state index in [0.29, 0.717) is 17.3 Å². The number of amides is 1. The number of aromatic nitrogens is 5. The molecule has 3 aromatic heterocycles. The summed E-state index contributed by atoms with van der Waals surface area (Å²) in [6.45, 7) is 1.65. The summed E-state index contributed by atoms with van der Waals surface area (Å²) in [6, 6.07) is 13.5. The van der Waals surface area contributed by atoms with Crippen molar-refractivity contribution in [2.45, 2.75) is 16.0 Å². The number of fused-ring (bicyclic) bond motifs is 1. The second-order valence-electron chi connectivity index (χ2n) is 6.63. The lowest BCUT2D eigenvalue weighted by Crippen LogP contribution is -2.56. The van der Waals surface area contributed by atoms with Crippen LogP contribution in [0.1, 0.15) is 10.4 Å². The summed E-state index contributed by atoms with van der Waals surface area (Å²) in [5, 5.41) is 17.5. The van der Waals surface area contributed by atoms with Gasteiger partial charge in [0.05, 0.1) is 11.1 Å². The van der Waals surface area contributed by atoms with Gasteiger partial charge in [0.25, 0.3) is 5.91 Å². The smallest absolute Gasteiger partial charge is 0.251 e. The molecule has 0 radical (unpaired) electrons. The summed E-state index contributed by atoms with van der Waals surface area (Å²) in [5.41, 5.74) is 1.45. The predicted molar refractivity (Wildman–Crippen MR) is 110 cm³/mol. The molecule has 146 valence electrons. The van der Waals surface area contributed by atoms with Gasteiger partial charge in [0, 0.05) is 35.8 Å². The van der Waals surface area contributed by atoms with E-state index in [0.717, 1.165) is 28.7 Å². The van der Waals surface area contributed by atoms with Gasteiger partial charge in [-0.25, -0.2) is 9.97 Å². The Balaban J connectivity index is 1.28. The van der Waals surface area contributed by atoms with Crippen molar-refractivity contribution in [1.82, 2.24) is 35.2 Å². The molecule has 4 N–H and O–H groups in total. The number of hydrogen-bond donors (Lipinski definition) is 4. The topological polar surface area (TPSA) is 112 Å². The van der Waals surface area contributed by atoms with E-state index in [1.54, 1.807) is 0 Å². The van der Waals surface area contributed by atoms with Crippen LogP contribution in [-0.2, 0) is 0 Å². The van der Waals surface area contributed by atoms with E-state index in [9.17, 15) is 4.79 Å². The van der Waals surface area contributed by atoms with Crippen molar-refractivity contribution in [1.29, 1.82) is 0 Å². The first kappa shape index (κ1) is 17.7. The number of carbonyl (C=O) groups is 1. The lowest BCUT2D eigenvalue weighted by Gasteiger charge is -2.27. The molecule has 1 amide bonds. The molecule has 5 rings (SSSR count). The first-order valence-electron chi connectivity index (χ1n) is 9.14. The molecule has 1 fully saturated rings. The molecule has 0 spiro atoms. The average molecular weight is 406 g/mol. The molecule has 1 saturated heterocycles. The van der Waals surface area contributed by atoms with Gasteiger partial charge in [-0.05, 0) is 30.3 Å². The van der Waals surface area contributed by atoms with Crippen LogP contribution in [0.3, 0.4) is 0 Å². The van der Waals surface area contributed by atoms with E-state index in [1.165, 1.54) is 18.1 Å². The molecule has 0 unspecified atom stereocenters. The lowest BCUT2D eigenvalue weighted by atomic mass is 10.1. The summed E-state index contributed by atoms with van der Waals surface area (Å²) in [4.78, 5) is 21.8. The fourth-order valence-electron chi connectivity index (χ4n) is 2.98. The van der Waals surface area contributed by atoms with Gasteiger partial charge in [-0.3, -0.25) is 14.3 Å². The van der Waals surface area contributed by atoms with E-state index in [-0.39, 0.29) is 11.9 Å². The quantitative estimate of drug-likeness (QED) is 0.388. The number of benzene rings is 1. The molecule has 29 heavy (non-hydrogen) atoms. The standard InChI is InChI=1S/C19H18N8OS/c28-18(23-13-9-20-10-13)12-3-1-4-14(7-12)29-17-8-15(25-26-17)24-19-22-11-21-16-5-2-6-27(16)19/h1-8,11,13,20H,9-10H2,(H,23,28)(H2,21,22,24,25,26). The zero-order valence-electron chi connectivity index (χ0n) is 15.3. The molecule has 0 aliphatic carbocycles. The maximum atomic E-state index is 12.4.